The minimum absolute atomic E-state index is 0.0512. The highest BCUT2D eigenvalue weighted by molar-refractivity contribution is 5.74. The second kappa shape index (κ2) is 6.63. The van der Waals surface area contributed by atoms with Crippen LogP contribution in [0.25, 0.3) is 0 Å². The molecule has 5 nitrogen and oxygen atoms in total. The Balaban J connectivity index is 1.87. The molecule has 5 heteroatoms. The number of pyridine rings is 1. The van der Waals surface area contributed by atoms with Crippen molar-refractivity contribution in [3.8, 4) is 0 Å². The second-order valence-electron chi connectivity index (χ2n) is 4.82. The fourth-order valence-electron chi connectivity index (χ4n) is 2.32. The number of hydrogen-bond acceptors (Lipinski definition) is 5. The smallest absolute Gasteiger partial charge is 0.336 e. The summed E-state index contributed by atoms with van der Waals surface area (Å²) in [5.41, 5.74) is 1.25. The third kappa shape index (κ3) is 4.01. The highest BCUT2D eigenvalue weighted by Gasteiger charge is 2.30. The van der Waals surface area contributed by atoms with Gasteiger partial charge in [-0.15, -0.1) is 0 Å². The first kappa shape index (κ1) is 14.0. The molecule has 2 heterocycles. The van der Waals surface area contributed by atoms with Crippen molar-refractivity contribution in [1.29, 1.82) is 0 Å². The van der Waals surface area contributed by atoms with Gasteiger partial charge in [-0.3, -0.25) is 9.88 Å². The Hall–Kier alpha value is -1.46. The van der Waals surface area contributed by atoms with Crippen molar-refractivity contribution in [3.05, 3.63) is 30.1 Å². The molecule has 0 aromatic carbocycles. The first-order valence-electron chi connectivity index (χ1n) is 6.53. The molecule has 0 radical (unpaired) electrons. The molecule has 0 spiro atoms. The number of methoxy groups -OCH3 is 1. The van der Waals surface area contributed by atoms with E-state index in [0.717, 1.165) is 19.5 Å². The maximum Gasteiger partial charge on any atom is 0.336 e. The molecule has 104 valence electrons. The van der Waals surface area contributed by atoms with Crippen molar-refractivity contribution < 1.29 is 14.3 Å². The Morgan fingerprint density at radius 3 is 2.89 bits per heavy atom. The van der Waals surface area contributed by atoms with Crippen LogP contribution in [0.4, 0.5) is 0 Å². The molecule has 0 N–H and O–H groups in total. The van der Waals surface area contributed by atoms with Crippen LogP contribution >= 0.6 is 0 Å². The summed E-state index contributed by atoms with van der Waals surface area (Å²) in [5.74, 6) is -0.291. The zero-order valence-electron chi connectivity index (χ0n) is 11.4. The number of carbonyl (C=O) groups is 1. The summed E-state index contributed by atoms with van der Waals surface area (Å²) >= 11 is 0. The van der Waals surface area contributed by atoms with E-state index in [1.807, 2.05) is 19.1 Å². The van der Waals surface area contributed by atoms with E-state index in [1.54, 1.807) is 12.4 Å². The van der Waals surface area contributed by atoms with Crippen molar-refractivity contribution in [2.45, 2.75) is 25.6 Å². The van der Waals surface area contributed by atoms with E-state index < -0.39 is 6.10 Å². The summed E-state index contributed by atoms with van der Waals surface area (Å²) < 4.78 is 10.3. The van der Waals surface area contributed by atoms with Crippen LogP contribution < -0.4 is 0 Å². The lowest BCUT2D eigenvalue weighted by atomic mass is 10.1. The van der Waals surface area contributed by atoms with Gasteiger partial charge in [-0.25, -0.2) is 4.79 Å². The van der Waals surface area contributed by atoms with Gasteiger partial charge in [0.25, 0.3) is 0 Å². The Kier molecular flexibility index (Phi) is 4.87. The highest BCUT2D eigenvalue weighted by atomic mass is 16.6. The molecule has 2 atom stereocenters. The Bertz CT molecular complexity index is 410. The van der Waals surface area contributed by atoms with Crippen LogP contribution in [0, 0.1) is 0 Å². The molecule has 19 heavy (non-hydrogen) atoms. The standard InChI is InChI=1S/C14H20N2O3/c1-11-9-16(10-13(19-11)14(17)18-2)8-5-12-3-6-15-7-4-12/h3-4,6-7,11,13H,5,8-10H2,1-2H3/t11-,13?/m1/s1. The molecular formula is C14H20N2O3. The van der Waals surface area contributed by atoms with Crippen LogP contribution in [0.1, 0.15) is 12.5 Å². The number of morpholine rings is 1. The predicted octanol–water partition coefficient (Wildman–Crippen LogP) is 0.886. The van der Waals surface area contributed by atoms with Crippen LogP contribution in [0.2, 0.25) is 0 Å². The molecule has 2 rings (SSSR count). The average molecular weight is 264 g/mol. The Morgan fingerprint density at radius 1 is 1.47 bits per heavy atom. The normalized spacial score (nSPS) is 24.1. The zero-order valence-corrected chi connectivity index (χ0v) is 11.4. The number of hydrogen-bond donors (Lipinski definition) is 0. The molecule has 1 saturated heterocycles. The van der Waals surface area contributed by atoms with E-state index in [9.17, 15) is 4.79 Å². The summed E-state index contributed by atoms with van der Waals surface area (Å²) in [4.78, 5) is 17.8. The Labute approximate surface area is 113 Å². The number of ether oxygens (including phenoxy) is 2. The summed E-state index contributed by atoms with van der Waals surface area (Å²) in [5, 5.41) is 0. The van der Waals surface area contributed by atoms with Crippen molar-refractivity contribution >= 4 is 5.97 Å². The first-order valence-corrected chi connectivity index (χ1v) is 6.53. The van der Waals surface area contributed by atoms with E-state index in [4.69, 9.17) is 9.47 Å². The highest BCUT2D eigenvalue weighted by Crippen LogP contribution is 2.13. The van der Waals surface area contributed by atoms with Crippen molar-refractivity contribution in [2.24, 2.45) is 0 Å². The number of aromatic nitrogens is 1. The summed E-state index contributed by atoms with van der Waals surface area (Å²) in [6.07, 6.45) is 4.13. The van der Waals surface area contributed by atoms with Crippen molar-refractivity contribution in [2.75, 3.05) is 26.7 Å². The molecule has 1 unspecified atom stereocenters. The van der Waals surface area contributed by atoms with Crippen LogP contribution in [0.5, 0.6) is 0 Å². The lowest BCUT2D eigenvalue weighted by molar-refractivity contribution is -0.166. The fraction of sp³-hybridized carbons (Fsp3) is 0.571. The van der Waals surface area contributed by atoms with Gasteiger partial charge >= 0.3 is 5.97 Å². The number of nitrogens with zero attached hydrogens (tertiary/aromatic N) is 2. The van der Waals surface area contributed by atoms with E-state index in [0.29, 0.717) is 6.54 Å². The SMILES string of the molecule is COC(=O)C1CN(CCc2ccncc2)C[C@@H](C)O1. The third-order valence-corrected chi connectivity index (χ3v) is 3.27. The van der Waals surface area contributed by atoms with E-state index in [-0.39, 0.29) is 12.1 Å². The summed E-state index contributed by atoms with van der Waals surface area (Å²) in [7, 11) is 1.40. The van der Waals surface area contributed by atoms with Crippen molar-refractivity contribution in [1.82, 2.24) is 9.88 Å². The average Bonchev–Trinajstić information content (AvgIpc) is 2.45. The fourth-order valence-corrected chi connectivity index (χ4v) is 2.32. The van der Waals surface area contributed by atoms with Crippen LogP contribution in [0.3, 0.4) is 0 Å². The largest absolute Gasteiger partial charge is 0.467 e. The van der Waals surface area contributed by atoms with Crippen LogP contribution in [-0.4, -0.2) is 54.8 Å². The van der Waals surface area contributed by atoms with E-state index >= 15 is 0 Å². The van der Waals surface area contributed by atoms with Crippen molar-refractivity contribution in [3.63, 3.8) is 0 Å². The molecule has 0 saturated carbocycles. The van der Waals surface area contributed by atoms with Crippen LogP contribution in [-0.2, 0) is 20.7 Å². The predicted molar refractivity (Wildman–Crippen MR) is 70.7 cm³/mol. The zero-order chi connectivity index (χ0) is 13.7. The monoisotopic (exact) mass is 264 g/mol. The second-order valence-corrected chi connectivity index (χ2v) is 4.82. The third-order valence-electron chi connectivity index (χ3n) is 3.27. The molecule has 1 aliphatic heterocycles. The summed E-state index contributed by atoms with van der Waals surface area (Å²) in [6.45, 7) is 4.33. The topological polar surface area (TPSA) is 51.7 Å². The van der Waals surface area contributed by atoms with Gasteiger partial charge in [0.05, 0.1) is 13.2 Å². The van der Waals surface area contributed by atoms with E-state index in [1.165, 1.54) is 12.7 Å². The quantitative estimate of drug-likeness (QED) is 0.756. The molecule has 1 aliphatic rings. The first-order chi connectivity index (χ1) is 9.19. The molecule has 0 amide bonds. The minimum atomic E-state index is -0.466. The van der Waals surface area contributed by atoms with Gasteiger partial charge in [-0.1, -0.05) is 0 Å². The summed E-state index contributed by atoms with van der Waals surface area (Å²) in [6, 6.07) is 4.03. The van der Waals surface area contributed by atoms with Gasteiger partial charge in [0.1, 0.15) is 0 Å². The van der Waals surface area contributed by atoms with E-state index in [2.05, 4.69) is 9.88 Å². The molecule has 1 fully saturated rings. The molecule has 0 aliphatic carbocycles. The maximum absolute atomic E-state index is 11.6. The van der Waals surface area contributed by atoms with Gasteiger partial charge in [0.15, 0.2) is 6.10 Å². The molecular weight excluding hydrogens is 244 g/mol. The molecule has 1 aromatic rings. The van der Waals surface area contributed by atoms with Gasteiger partial charge in [0, 0.05) is 32.0 Å². The van der Waals surface area contributed by atoms with Gasteiger partial charge in [-0.2, -0.15) is 0 Å². The van der Waals surface area contributed by atoms with Crippen LogP contribution in [0.15, 0.2) is 24.5 Å². The van der Waals surface area contributed by atoms with Gasteiger partial charge < -0.3 is 9.47 Å². The van der Waals surface area contributed by atoms with Gasteiger partial charge in [0.2, 0.25) is 0 Å². The lowest BCUT2D eigenvalue weighted by Crippen LogP contribution is -2.50. The number of rotatable bonds is 4. The number of esters is 1. The number of carbonyl (C=O) groups excluding carboxylic acids is 1. The molecule has 0 bridgehead atoms. The van der Waals surface area contributed by atoms with Gasteiger partial charge in [-0.05, 0) is 31.0 Å². The maximum atomic E-state index is 11.6. The Morgan fingerprint density at radius 2 is 2.21 bits per heavy atom. The minimum Gasteiger partial charge on any atom is -0.467 e. The lowest BCUT2D eigenvalue weighted by Gasteiger charge is -2.35. The molecule has 1 aromatic heterocycles.